The predicted molar refractivity (Wildman–Crippen MR) is 230 cm³/mol. The van der Waals surface area contributed by atoms with Crippen molar-refractivity contribution in [1.29, 1.82) is 0 Å². The monoisotopic (exact) mass is 743 g/mol. The lowest BCUT2D eigenvalue weighted by atomic mass is 9.68. The fourth-order valence-corrected chi connectivity index (χ4v) is 11.9. The third-order valence-corrected chi connectivity index (χ3v) is 14.5. The molecule has 3 nitrogen and oxygen atoms in total. The van der Waals surface area contributed by atoms with Crippen LogP contribution in [0.5, 0.6) is 0 Å². The van der Waals surface area contributed by atoms with Gasteiger partial charge in [-0.25, -0.2) is 0 Å². The minimum absolute atomic E-state index is 0.0868. The van der Waals surface area contributed by atoms with E-state index in [1.807, 2.05) is 0 Å². The van der Waals surface area contributed by atoms with Crippen molar-refractivity contribution in [3.05, 3.63) is 214 Å². The Kier molecular flexibility index (Phi) is 7.98. The maximum atomic E-state index is 6.89. The van der Waals surface area contributed by atoms with E-state index >= 15 is 0 Å². The zero-order valence-corrected chi connectivity index (χ0v) is 32.5. The Morgan fingerprint density at radius 3 is 2.56 bits per heavy atom. The summed E-state index contributed by atoms with van der Waals surface area (Å²) in [6.45, 7) is 0. The third kappa shape index (κ3) is 5.45. The second kappa shape index (κ2) is 13.5. The summed E-state index contributed by atoms with van der Waals surface area (Å²) in [6, 6.07) is 20.2. The van der Waals surface area contributed by atoms with Crippen LogP contribution in [0, 0.1) is 29.6 Å². The second-order valence-electron chi connectivity index (χ2n) is 17.4. The van der Waals surface area contributed by atoms with E-state index in [4.69, 9.17) is 9.47 Å². The van der Waals surface area contributed by atoms with Gasteiger partial charge in [0.2, 0.25) is 0 Å². The Bertz CT molecular complexity index is 2470. The lowest BCUT2D eigenvalue weighted by Gasteiger charge is -2.50. The van der Waals surface area contributed by atoms with Crippen LogP contribution in [0.4, 0.5) is 0 Å². The number of hydrogen-bond donors (Lipinski definition) is 0. The highest BCUT2D eigenvalue weighted by molar-refractivity contribution is 5.80. The van der Waals surface area contributed by atoms with Gasteiger partial charge in [0, 0.05) is 40.6 Å². The van der Waals surface area contributed by atoms with Crippen LogP contribution >= 0.6 is 0 Å². The molecule has 0 fully saturated rings. The smallest absolute Gasteiger partial charge is 0.134 e. The van der Waals surface area contributed by atoms with Gasteiger partial charge in [-0.2, -0.15) is 0 Å². The van der Waals surface area contributed by atoms with E-state index in [0.717, 1.165) is 49.4 Å². The number of hydrogen-bond acceptors (Lipinski definition) is 3. The summed E-state index contributed by atoms with van der Waals surface area (Å²) >= 11 is 0. The number of benzene rings is 2. The lowest BCUT2D eigenvalue weighted by molar-refractivity contribution is 0.130. The molecule has 10 aliphatic rings. The second-order valence-corrected chi connectivity index (χ2v) is 17.4. The molecule has 0 aromatic heterocycles. The minimum atomic E-state index is 0.0868. The Balaban J connectivity index is 0.893. The molecule has 2 heterocycles. The summed E-state index contributed by atoms with van der Waals surface area (Å²) in [5.41, 5.74) is 14.1. The summed E-state index contributed by atoms with van der Waals surface area (Å²) < 4.78 is 13.6. The molecule has 0 saturated carbocycles. The average molecular weight is 744 g/mol. The van der Waals surface area contributed by atoms with Gasteiger partial charge in [0.15, 0.2) is 0 Å². The first-order chi connectivity index (χ1) is 28.3. The molecule has 57 heavy (non-hydrogen) atoms. The van der Waals surface area contributed by atoms with Gasteiger partial charge in [-0.05, 0) is 115 Å². The lowest BCUT2D eigenvalue weighted by Crippen LogP contribution is -2.51. The molecule has 0 spiro atoms. The topological polar surface area (TPSA) is 21.7 Å². The Hall–Kier alpha value is -5.54. The Morgan fingerprint density at radius 1 is 0.702 bits per heavy atom. The molecule has 8 aliphatic carbocycles. The van der Waals surface area contributed by atoms with E-state index in [1.165, 1.54) is 69.5 Å². The molecule has 8 atom stereocenters. The molecule has 12 rings (SSSR count). The summed E-state index contributed by atoms with van der Waals surface area (Å²) in [5.74, 6) is 5.15. The fourth-order valence-electron chi connectivity index (χ4n) is 11.9. The molecule has 2 aliphatic heterocycles. The van der Waals surface area contributed by atoms with Crippen LogP contribution in [-0.4, -0.2) is 23.1 Å². The zero-order chi connectivity index (χ0) is 37.5. The minimum Gasteiger partial charge on any atom is -0.485 e. The predicted octanol–water partition coefficient (Wildman–Crippen LogP) is 12.0. The van der Waals surface area contributed by atoms with E-state index in [0.29, 0.717) is 29.7 Å². The normalized spacial score (nSPS) is 32.4. The van der Waals surface area contributed by atoms with Crippen LogP contribution in [0.1, 0.15) is 61.6 Å². The van der Waals surface area contributed by atoms with Crippen LogP contribution < -0.4 is 0 Å². The van der Waals surface area contributed by atoms with Gasteiger partial charge in [-0.15, -0.1) is 0 Å². The molecule has 0 radical (unpaired) electrons. The van der Waals surface area contributed by atoms with Gasteiger partial charge in [-0.3, -0.25) is 0 Å². The summed E-state index contributed by atoms with van der Waals surface area (Å²) in [7, 11) is 0. The molecule has 3 heteroatoms. The van der Waals surface area contributed by atoms with Crippen molar-refractivity contribution in [1.82, 2.24) is 4.90 Å². The standard InChI is InChI=1S/C54H49NO2/c1-2-12-35(13-3-1)42-20-10-21-45-47-32-37(27-31-50(47)56-53(42)45)34-24-28-39(29-25-34)55(49-33-38-15-5-6-16-40(38)43-18-8-9-19-44(43)49)48-22-11-23-51-52(48)46-30-26-36-14-4-7-17-41(36)54(46)57-51/h1-4,6-9,11-14,16-20,22-24,27-29,31-32,34,38,44,47-50,52H,5,10,15,21,25-26,30,33H2/t34?,38?,44-,47?,48?,49+,50?,52+/m0/s1. The Morgan fingerprint density at radius 2 is 1.63 bits per heavy atom. The van der Waals surface area contributed by atoms with E-state index in [9.17, 15) is 0 Å². The van der Waals surface area contributed by atoms with Crippen molar-refractivity contribution < 1.29 is 9.47 Å². The molecule has 282 valence electrons. The molecular weight excluding hydrogens is 695 g/mol. The Labute approximate surface area is 337 Å². The number of aryl methyl sites for hydroxylation is 1. The zero-order valence-electron chi connectivity index (χ0n) is 32.5. The van der Waals surface area contributed by atoms with Crippen molar-refractivity contribution in [3.8, 4) is 0 Å². The van der Waals surface area contributed by atoms with E-state index in [-0.39, 0.29) is 18.1 Å². The van der Waals surface area contributed by atoms with Crippen LogP contribution in [-0.2, 0) is 15.9 Å². The van der Waals surface area contributed by atoms with Gasteiger partial charge in [-0.1, -0.05) is 134 Å². The molecule has 0 N–H and O–H groups in total. The van der Waals surface area contributed by atoms with Crippen LogP contribution in [0.25, 0.3) is 11.3 Å². The van der Waals surface area contributed by atoms with E-state index < -0.39 is 0 Å². The van der Waals surface area contributed by atoms with Crippen molar-refractivity contribution in [3.63, 3.8) is 0 Å². The largest absolute Gasteiger partial charge is 0.485 e. The maximum Gasteiger partial charge on any atom is 0.134 e. The highest BCUT2D eigenvalue weighted by Gasteiger charge is 2.48. The van der Waals surface area contributed by atoms with Crippen LogP contribution in [0.2, 0.25) is 0 Å². The third-order valence-electron chi connectivity index (χ3n) is 14.5. The van der Waals surface area contributed by atoms with E-state index in [2.05, 4.69) is 157 Å². The number of fused-ring (bicyclic) bond motifs is 8. The fraction of sp³-hybridized carbons (Fsp3) is 0.296. The molecule has 5 unspecified atom stereocenters. The van der Waals surface area contributed by atoms with Crippen molar-refractivity contribution in [2.24, 2.45) is 29.6 Å². The van der Waals surface area contributed by atoms with Crippen molar-refractivity contribution in [2.45, 2.75) is 69.6 Å². The first-order valence-electron chi connectivity index (χ1n) is 21.6. The van der Waals surface area contributed by atoms with Gasteiger partial charge in [0.1, 0.15) is 23.4 Å². The molecule has 2 aromatic rings. The van der Waals surface area contributed by atoms with E-state index in [1.54, 1.807) is 5.57 Å². The number of ether oxygens (including phenoxy) is 2. The van der Waals surface area contributed by atoms with Crippen molar-refractivity contribution >= 4 is 11.3 Å². The van der Waals surface area contributed by atoms with Crippen molar-refractivity contribution in [2.75, 3.05) is 0 Å². The van der Waals surface area contributed by atoms with Crippen LogP contribution in [0.15, 0.2) is 197 Å². The van der Waals surface area contributed by atoms with Gasteiger partial charge < -0.3 is 14.4 Å². The summed E-state index contributed by atoms with van der Waals surface area (Å²) in [6.07, 6.45) is 47.4. The number of nitrogens with zero attached hydrogens (tertiary/aromatic N) is 1. The summed E-state index contributed by atoms with van der Waals surface area (Å²) in [5, 5.41) is 0. The quantitative estimate of drug-likeness (QED) is 0.304. The van der Waals surface area contributed by atoms with Gasteiger partial charge in [0.25, 0.3) is 0 Å². The first kappa shape index (κ1) is 33.6. The number of rotatable bonds is 5. The highest BCUT2D eigenvalue weighted by Crippen LogP contribution is 2.53. The maximum absolute atomic E-state index is 6.89. The van der Waals surface area contributed by atoms with Gasteiger partial charge >= 0.3 is 0 Å². The molecule has 0 saturated heterocycles. The molecule has 0 bridgehead atoms. The molecule has 0 amide bonds. The number of allylic oxidation sites excluding steroid dienone is 15. The first-order valence-corrected chi connectivity index (χ1v) is 21.6. The summed E-state index contributed by atoms with van der Waals surface area (Å²) in [4.78, 5) is 2.87. The van der Waals surface area contributed by atoms with Crippen LogP contribution in [0.3, 0.4) is 0 Å². The SMILES string of the molecule is C1=CC2=C3C=CCCC3C[C@@H](N(C3=CCC(C4=CC5C6=C(OC5C=C4)C(c4ccccc4)=CCC6)C=C3)C3C=CC=C4OC5=C(CCc6ccccc65)[C@@H]43)[C@H]2C=C1. The molecular formula is C54H49NO2. The molecule has 2 aromatic carbocycles. The highest BCUT2D eigenvalue weighted by atomic mass is 16.5. The van der Waals surface area contributed by atoms with Gasteiger partial charge in [0.05, 0.1) is 12.0 Å². The average Bonchev–Trinajstić information content (AvgIpc) is 3.86.